The Morgan fingerprint density at radius 2 is 1.81 bits per heavy atom. The fourth-order valence-electron chi connectivity index (χ4n) is 6.45. The van der Waals surface area contributed by atoms with Gasteiger partial charge in [0.2, 0.25) is 0 Å². The normalized spacial score (nSPS) is 51.5. The molecular weight excluding hydrogens is 262 g/mol. The highest BCUT2D eigenvalue weighted by atomic mass is 16.6. The zero-order chi connectivity index (χ0) is 14.9. The number of hydrogen-bond donors (Lipinski definition) is 0. The standard InChI is InChI=1S/C18H29NO2/c1-13-9-17-11-14(2)16(3,18(17,10-13)12-17)21-15(20)19-7-5-4-6-8-19/h13-14H,4-12H2,1-3H3. The van der Waals surface area contributed by atoms with Gasteiger partial charge in [-0.2, -0.15) is 0 Å². The molecule has 0 aromatic carbocycles. The molecule has 4 rings (SSSR count). The SMILES string of the molecule is CC1CC23CC(C)C(C)(OC(=O)N4CCCCC4)C2(C1)C3. The second-order valence-electron chi connectivity index (χ2n) is 8.68. The van der Waals surface area contributed by atoms with Crippen molar-refractivity contribution < 1.29 is 9.53 Å². The molecule has 0 aromatic heterocycles. The predicted molar refractivity (Wildman–Crippen MR) is 82.0 cm³/mol. The number of hydrogen-bond acceptors (Lipinski definition) is 2. The number of amides is 1. The molecule has 3 saturated carbocycles. The summed E-state index contributed by atoms with van der Waals surface area (Å²) in [6, 6.07) is 0. The fourth-order valence-corrected chi connectivity index (χ4v) is 6.45. The Hall–Kier alpha value is -0.730. The van der Waals surface area contributed by atoms with Crippen molar-refractivity contribution in [3.05, 3.63) is 0 Å². The van der Waals surface area contributed by atoms with Gasteiger partial charge in [0.25, 0.3) is 0 Å². The maximum absolute atomic E-state index is 12.6. The molecule has 118 valence electrons. The summed E-state index contributed by atoms with van der Waals surface area (Å²) in [5.41, 5.74) is 0.597. The number of nitrogens with zero attached hydrogens (tertiary/aromatic N) is 1. The van der Waals surface area contributed by atoms with E-state index >= 15 is 0 Å². The maximum Gasteiger partial charge on any atom is 0.410 e. The number of carbonyl (C=O) groups excluding carboxylic acids is 1. The average molecular weight is 291 g/mol. The molecule has 21 heavy (non-hydrogen) atoms. The van der Waals surface area contributed by atoms with E-state index in [-0.39, 0.29) is 11.7 Å². The van der Waals surface area contributed by atoms with Crippen LogP contribution in [0, 0.1) is 22.7 Å². The lowest BCUT2D eigenvalue weighted by Gasteiger charge is -2.41. The molecule has 0 bridgehead atoms. The summed E-state index contributed by atoms with van der Waals surface area (Å²) in [6.07, 6.45) is 8.67. The molecule has 5 atom stereocenters. The van der Waals surface area contributed by atoms with Gasteiger partial charge in [-0.1, -0.05) is 13.8 Å². The van der Waals surface area contributed by atoms with Crippen molar-refractivity contribution in [1.82, 2.24) is 4.90 Å². The lowest BCUT2D eigenvalue weighted by atomic mass is 9.77. The van der Waals surface area contributed by atoms with Crippen LogP contribution in [0.3, 0.4) is 0 Å². The Labute approximate surface area is 128 Å². The van der Waals surface area contributed by atoms with Crippen molar-refractivity contribution in [2.24, 2.45) is 22.7 Å². The zero-order valence-electron chi connectivity index (χ0n) is 13.8. The van der Waals surface area contributed by atoms with E-state index in [1.807, 2.05) is 4.90 Å². The molecule has 0 radical (unpaired) electrons. The van der Waals surface area contributed by atoms with Crippen LogP contribution in [0.25, 0.3) is 0 Å². The molecule has 3 heteroatoms. The lowest BCUT2D eigenvalue weighted by Crippen LogP contribution is -2.48. The van der Waals surface area contributed by atoms with E-state index < -0.39 is 0 Å². The smallest absolute Gasteiger partial charge is 0.410 e. The summed E-state index contributed by atoms with van der Waals surface area (Å²) < 4.78 is 6.24. The summed E-state index contributed by atoms with van der Waals surface area (Å²) in [4.78, 5) is 14.6. The molecule has 4 fully saturated rings. The molecule has 0 aromatic rings. The van der Waals surface area contributed by atoms with Crippen molar-refractivity contribution >= 4 is 6.09 Å². The van der Waals surface area contributed by atoms with Gasteiger partial charge in [-0.25, -0.2) is 4.79 Å². The van der Waals surface area contributed by atoms with Gasteiger partial charge < -0.3 is 9.64 Å². The van der Waals surface area contributed by atoms with E-state index in [1.165, 1.54) is 32.1 Å². The number of rotatable bonds is 1. The Bertz CT molecular complexity index is 472. The summed E-state index contributed by atoms with van der Waals surface area (Å²) >= 11 is 0. The van der Waals surface area contributed by atoms with Crippen LogP contribution in [0.4, 0.5) is 4.79 Å². The van der Waals surface area contributed by atoms with Gasteiger partial charge >= 0.3 is 6.09 Å². The monoisotopic (exact) mass is 291 g/mol. The Morgan fingerprint density at radius 1 is 1.10 bits per heavy atom. The number of carbonyl (C=O) groups is 1. The van der Waals surface area contributed by atoms with Gasteiger partial charge in [0.1, 0.15) is 5.60 Å². The van der Waals surface area contributed by atoms with Crippen LogP contribution >= 0.6 is 0 Å². The van der Waals surface area contributed by atoms with Crippen molar-refractivity contribution in [3.63, 3.8) is 0 Å². The number of piperidine rings is 1. The Balaban J connectivity index is 1.54. The third-order valence-corrected chi connectivity index (χ3v) is 7.47. The molecule has 1 saturated heterocycles. The van der Waals surface area contributed by atoms with Crippen LogP contribution in [-0.2, 0) is 4.74 Å². The van der Waals surface area contributed by atoms with Crippen LogP contribution in [0.1, 0.15) is 65.7 Å². The minimum Gasteiger partial charge on any atom is -0.442 e. The van der Waals surface area contributed by atoms with Gasteiger partial charge in [0, 0.05) is 18.5 Å². The highest BCUT2D eigenvalue weighted by Crippen LogP contribution is 2.86. The van der Waals surface area contributed by atoms with Crippen LogP contribution in [-0.4, -0.2) is 29.7 Å². The van der Waals surface area contributed by atoms with Crippen molar-refractivity contribution in [1.29, 1.82) is 0 Å². The number of ether oxygens (including phenoxy) is 1. The van der Waals surface area contributed by atoms with Crippen LogP contribution in [0.15, 0.2) is 0 Å². The number of likely N-dealkylation sites (tertiary alicyclic amines) is 1. The van der Waals surface area contributed by atoms with E-state index in [0.717, 1.165) is 31.8 Å². The largest absolute Gasteiger partial charge is 0.442 e. The van der Waals surface area contributed by atoms with E-state index in [4.69, 9.17) is 4.74 Å². The minimum absolute atomic E-state index is 0.0410. The zero-order valence-corrected chi connectivity index (χ0v) is 13.8. The summed E-state index contributed by atoms with van der Waals surface area (Å²) in [6.45, 7) is 8.69. The van der Waals surface area contributed by atoms with Crippen LogP contribution < -0.4 is 0 Å². The van der Waals surface area contributed by atoms with E-state index in [1.54, 1.807) is 0 Å². The van der Waals surface area contributed by atoms with E-state index in [2.05, 4.69) is 20.8 Å². The second-order valence-corrected chi connectivity index (χ2v) is 8.68. The molecule has 1 aliphatic heterocycles. The fraction of sp³-hybridized carbons (Fsp3) is 0.944. The van der Waals surface area contributed by atoms with Gasteiger partial charge in [-0.05, 0) is 69.1 Å². The van der Waals surface area contributed by atoms with Crippen LogP contribution in [0.2, 0.25) is 0 Å². The third-order valence-electron chi connectivity index (χ3n) is 7.47. The minimum atomic E-state index is -0.230. The van der Waals surface area contributed by atoms with Crippen molar-refractivity contribution in [2.45, 2.75) is 71.3 Å². The summed E-state index contributed by atoms with van der Waals surface area (Å²) in [5, 5.41) is 0. The maximum atomic E-state index is 12.6. The highest BCUT2D eigenvalue weighted by Gasteiger charge is 2.84. The Morgan fingerprint density at radius 3 is 2.52 bits per heavy atom. The Kier molecular flexibility index (Phi) is 2.76. The molecule has 1 heterocycles. The molecule has 0 spiro atoms. The third kappa shape index (κ3) is 1.64. The summed E-state index contributed by atoms with van der Waals surface area (Å²) in [5.74, 6) is 1.31. The molecule has 3 nitrogen and oxygen atoms in total. The first-order chi connectivity index (χ1) is 9.92. The predicted octanol–water partition coefficient (Wildman–Crippen LogP) is 4.21. The molecule has 5 unspecified atom stereocenters. The first-order valence-electron chi connectivity index (χ1n) is 8.90. The molecule has 1 amide bonds. The van der Waals surface area contributed by atoms with E-state index in [9.17, 15) is 4.79 Å². The lowest BCUT2D eigenvalue weighted by molar-refractivity contribution is -0.0707. The molecule has 0 N–H and O–H groups in total. The van der Waals surface area contributed by atoms with Gasteiger partial charge in [0.05, 0.1) is 0 Å². The topological polar surface area (TPSA) is 29.5 Å². The van der Waals surface area contributed by atoms with Crippen molar-refractivity contribution in [2.75, 3.05) is 13.1 Å². The van der Waals surface area contributed by atoms with Gasteiger partial charge in [-0.3, -0.25) is 0 Å². The highest BCUT2D eigenvalue weighted by molar-refractivity contribution is 5.68. The first kappa shape index (κ1) is 13.9. The van der Waals surface area contributed by atoms with Crippen LogP contribution in [0.5, 0.6) is 0 Å². The molecular formula is C18H29NO2. The van der Waals surface area contributed by atoms with Crippen molar-refractivity contribution in [3.8, 4) is 0 Å². The molecule has 4 aliphatic rings. The first-order valence-corrected chi connectivity index (χ1v) is 8.90. The molecule has 3 aliphatic carbocycles. The summed E-state index contributed by atoms with van der Waals surface area (Å²) in [7, 11) is 0. The van der Waals surface area contributed by atoms with Gasteiger partial charge in [-0.15, -0.1) is 0 Å². The quantitative estimate of drug-likeness (QED) is 0.724. The van der Waals surface area contributed by atoms with Gasteiger partial charge in [0.15, 0.2) is 0 Å². The average Bonchev–Trinajstić information content (AvgIpc) is 2.91. The second kappa shape index (κ2) is 4.17. The van der Waals surface area contributed by atoms with E-state index in [0.29, 0.717) is 16.7 Å².